The van der Waals surface area contributed by atoms with E-state index in [0.29, 0.717) is 35.2 Å². The van der Waals surface area contributed by atoms with Crippen molar-refractivity contribution < 1.29 is 9.32 Å². The molecule has 34 heavy (non-hydrogen) atoms. The van der Waals surface area contributed by atoms with Crippen molar-refractivity contribution in [3.63, 3.8) is 0 Å². The van der Waals surface area contributed by atoms with Gasteiger partial charge in [-0.25, -0.2) is 9.97 Å². The van der Waals surface area contributed by atoms with Gasteiger partial charge in [-0.1, -0.05) is 35.0 Å². The van der Waals surface area contributed by atoms with Crippen molar-refractivity contribution in [3.05, 3.63) is 70.3 Å². The molecule has 2 aromatic carbocycles. The number of hydrogen-bond acceptors (Lipinski definition) is 7. The van der Waals surface area contributed by atoms with Crippen molar-refractivity contribution in [2.75, 3.05) is 25.5 Å². The first-order valence-corrected chi connectivity index (χ1v) is 11.7. The number of carbonyl (C=O) groups excluding carboxylic acids is 1. The van der Waals surface area contributed by atoms with Crippen LogP contribution >= 0.6 is 11.6 Å². The van der Waals surface area contributed by atoms with Crippen molar-refractivity contribution >= 4 is 34.1 Å². The molecule has 1 aliphatic heterocycles. The number of carbonyl (C=O) groups is 1. The first-order chi connectivity index (χ1) is 16.4. The van der Waals surface area contributed by atoms with Crippen LogP contribution in [0.5, 0.6) is 0 Å². The molecule has 174 valence electrons. The average molecular weight is 476 g/mol. The molecule has 7 nitrogen and oxygen atoms in total. The Labute approximate surface area is 203 Å². The van der Waals surface area contributed by atoms with Crippen LogP contribution in [0.3, 0.4) is 0 Å². The predicted molar refractivity (Wildman–Crippen MR) is 133 cm³/mol. The highest BCUT2D eigenvalue weighted by molar-refractivity contribution is 6.30. The average Bonchev–Trinajstić information content (AvgIpc) is 3.13. The van der Waals surface area contributed by atoms with Gasteiger partial charge in [-0.3, -0.25) is 4.79 Å². The number of nitrogens with zero attached hydrogens (tertiary/aromatic N) is 4. The summed E-state index contributed by atoms with van der Waals surface area (Å²) in [4.78, 5) is 24.5. The van der Waals surface area contributed by atoms with E-state index in [4.69, 9.17) is 16.1 Å². The van der Waals surface area contributed by atoms with Gasteiger partial charge in [0.2, 0.25) is 5.78 Å². The zero-order valence-corrected chi connectivity index (χ0v) is 20.2. The van der Waals surface area contributed by atoms with E-state index in [9.17, 15) is 4.79 Å². The number of hydrogen-bond donors (Lipinski definition) is 1. The van der Waals surface area contributed by atoms with Crippen molar-refractivity contribution in [2.24, 2.45) is 5.92 Å². The van der Waals surface area contributed by atoms with E-state index in [1.807, 2.05) is 56.3 Å². The Balaban J connectivity index is 1.53. The Morgan fingerprint density at radius 3 is 2.71 bits per heavy atom. The highest BCUT2D eigenvalue weighted by Crippen LogP contribution is 2.32. The number of aromatic nitrogens is 3. The number of ketones is 1. The molecule has 3 heterocycles. The third kappa shape index (κ3) is 4.54. The van der Waals surface area contributed by atoms with E-state index in [2.05, 4.69) is 32.4 Å². The monoisotopic (exact) mass is 475 g/mol. The normalized spacial score (nSPS) is 14.4. The van der Waals surface area contributed by atoms with E-state index >= 15 is 0 Å². The zero-order valence-electron chi connectivity index (χ0n) is 19.4. The molecule has 1 fully saturated rings. The number of halogens is 1. The fourth-order valence-corrected chi connectivity index (χ4v) is 4.79. The number of aryl methyl sites for hydroxylation is 2. The lowest BCUT2D eigenvalue weighted by Gasteiger charge is -2.35. The molecule has 1 aliphatic rings. The fraction of sp³-hybridized carbons (Fsp3) is 0.308. The summed E-state index contributed by atoms with van der Waals surface area (Å²) in [5.41, 5.74) is 4.48. The maximum Gasteiger partial charge on any atom is 0.200 e. The van der Waals surface area contributed by atoms with Gasteiger partial charge in [0.15, 0.2) is 5.82 Å². The van der Waals surface area contributed by atoms with Gasteiger partial charge in [0, 0.05) is 42.0 Å². The van der Waals surface area contributed by atoms with Crippen LogP contribution in [0.25, 0.3) is 22.0 Å². The van der Waals surface area contributed by atoms with Gasteiger partial charge < -0.3 is 14.7 Å². The van der Waals surface area contributed by atoms with Crippen LogP contribution in [0.15, 0.2) is 47.0 Å². The van der Waals surface area contributed by atoms with Crippen LogP contribution in [0.1, 0.15) is 34.1 Å². The van der Waals surface area contributed by atoms with Crippen molar-refractivity contribution in [2.45, 2.75) is 26.8 Å². The highest BCUT2D eigenvalue weighted by Gasteiger charge is 2.27. The van der Waals surface area contributed by atoms with Gasteiger partial charge in [0.1, 0.15) is 11.6 Å². The molecule has 0 saturated carbocycles. The zero-order chi connectivity index (χ0) is 23.8. The number of likely N-dealkylation sites (tertiary alicyclic amines) is 1. The molecule has 0 atom stereocenters. The van der Waals surface area contributed by atoms with E-state index in [-0.39, 0.29) is 11.6 Å². The third-order valence-electron chi connectivity index (χ3n) is 6.23. The minimum Gasteiger partial charge on any atom is -0.365 e. The molecule has 0 radical (unpaired) electrons. The molecule has 0 unspecified atom stereocenters. The van der Waals surface area contributed by atoms with Crippen molar-refractivity contribution in [1.29, 1.82) is 0 Å². The Kier molecular flexibility index (Phi) is 6.06. The molecular formula is C26H26ClN5O2. The standard InChI is InChI=1S/C26H26ClN5O2/c1-15-24(16(2)34-31-15)19-7-8-22-21(11-19)25(28-12-17-5-4-6-20(27)9-17)30-26(29-22)23(33)10-18-13-32(3)14-18/h4-9,11,18H,10,12-14H2,1-3H3,(H,28,29,30). The summed E-state index contributed by atoms with van der Waals surface area (Å²) in [6.07, 6.45) is 0.459. The molecule has 1 saturated heterocycles. The molecule has 0 aliphatic carbocycles. The molecule has 0 spiro atoms. The summed E-state index contributed by atoms with van der Waals surface area (Å²) >= 11 is 6.16. The van der Waals surface area contributed by atoms with Gasteiger partial charge in [0.25, 0.3) is 0 Å². The maximum atomic E-state index is 13.0. The first kappa shape index (κ1) is 22.5. The number of anilines is 1. The highest BCUT2D eigenvalue weighted by atomic mass is 35.5. The Morgan fingerprint density at radius 2 is 2.00 bits per heavy atom. The van der Waals surface area contributed by atoms with Crippen LogP contribution in [-0.2, 0) is 6.54 Å². The van der Waals surface area contributed by atoms with Crippen molar-refractivity contribution in [1.82, 2.24) is 20.0 Å². The lowest BCUT2D eigenvalue weighted by molar-refractivity contribution is 0.0826. The van der Waals surface area contributed by atoms with Crippen molar-refractivity contribution in [3.8, 4) is 11.1 Å². The van der Waals surface area contributed by atoms with E-state index in [0.717, 1.165) is 46.6 Å². The fourth-order valence-electron chi connectivity index (χ4n) is 4.58. The number of rotatable bonds is 7. The van der Waals surface area contributed by atoms with Gasteiger partial charge in [0.05, 0.1) is 11.2 Å². The number of Topliss-reactive ketones (excluding diaryl/α,β-unsaturated/α-hetero) is 1. The second kappa shape index (κ2) is 9.16. The molecule has 1 N–H and O–H groups in total. The largest absolute Gasteiger partial charge is 0.365 e. The molecule has 8 heteroatoms. The second-order valence-corrected chi connectivity index (χ2v) is 9.46. The summed E-state index contributed by atoms with van der Waals surface area (Å²) < 4.78 is 5.36. The smallest absolute Gasteiger partial charge is 0.200 e. The number of fused-ring (bicyclic) bond motifs is 1. The molecule has 0 amide bonds. The summed E-state index contributed by atoms with van der Waals surface area (Å²) in [5, 5.41) is 9.00. The minimum atomic E-state index is -0.0272. The minimum absolute atomic E-state index is 0.0272. The van der Waals surface area contributed by atoms with Gasteiger partial charge in [-0.15, -0.1) is 0 Å². The maximum absolute atomic E-state index is 13.0. The third-order valence-corrected chi connectivity index (χ3v) is 6.47. The van der Waals surface area contributed by atoms with E-state index in [1.54, 1.807) is 0 Å². The van der Waals surface area contributed by atoms with Crippen LogP contribution in [-0.4, -0.2) is 45.9 Å². The predicted octanol–water partition coefficient (Wildman–Crippen LogP) is 5.30. The Bertz CT molecular complexity index is 1360. The first-order valence-electron chi connectivity index (χ1n) is 11.3. The summed E-state index contributed by atoms with van der Waals surface area (Å²) in [5.74, 6) is 1.96. The van der Waals surface area contributed by atoms with Crippen LogP contribution in [0.2, 0.25) is 5.02 Å². The Hall–Kier alpha value is -3.29. The summed E-state index contributed by atoms with van der Waals surface area (Å²) in [7, 11) is 2.06. The van der Waals surface area contributed by atoms with Crippen LogP contribution < -0.4 is 5.32 Å². The molecule has 5 rings (SSSR count). The SMILES string of the molecule is Cc1noc(C)c1-c1ccc2nc(C(=O)CC3CN(C)C3)nc(NCc3cccc(Cl)c3)c2c1. The Morgan fingerprint density at radius 1 is 1.18 bits per heavy atom. The molecule has 0 bridgehead atoms. The molecule has 2 aromatic heterocycles. The van der Waals surface area contributed by atoms with Gasteiger partial charge in [-0.05, 0) is 62.2 Å². The summed E-state index contributed by atoms with van der Waals surface area (Å²) in [6.45, 7) is 6.20. The lowest BCUT2D eigenvalue weighted by Crippen LogP contribution is -2.44. The second-order valence-electron chi connectivity index (χ2n) is 9.02. The topological polar surface area (TPSA) is 84.2 Å². The van der Waals surface area contributed by atoms with Gasteiger partial charge >= 0.3 is 0 Å². The number of benzene rings is 2. The van der Waals surface area contributed by atoms with Gasteiger partial charge in [-0.2, -0.15) is 0 Å². The summed E-state index contributed by atoms with van der Waals surface area (Å²) in [6, 6.07) is 13.6. The quantitative estimate of drug-likeness (QED) is 0.363. The van der Waals surface area contributed by atoms with Crippen LogP contribution in [0.4, 0.5) is 5.82 Å². The molecular weight excluding hydrogens is 450 g/mol. The van der Waals surface area contributed by atoms with E-state index in [1.165, 1.54) is 0 Å². The lowest BCUT2D eigenvalue weighted by atomic mass is 9.94. The molecule has 4 aromatic rings. The number of nitrogens with one attached hydrogen (secondary N) is 1. The van der Waals surface area contributed by atoms with E-state index < -0.39 is 0 Å². The van der Waals surface area contributed by atoms with Crippen LogP contribution in [0, 0.1) is 19.8 Å².